The molecule has 0 radical (unpaired) electrons. The number of hydrogen-bond donors (Lipinski definition) is 1. The third-order valence-corrected chi connectivity index (χ3v) is 3.84. The molecule has 0 saturated carbocycles. The number of carbonyl (C=O) groups excluding carboxylic acids is 1. The Balaban J connectivity index is 1.93. The molecule has 1 N–H and O–H groups in total. The largest absolute Gasteiger partial charge is 0.497 e. The number of ether oxygens (including phenoxy) is 2. The Morgan fingerprint density at radius 1 is 1.35 bits per heavy atom. The molecule has 1 heterocycles. The first-order valence-corrected chi connectivity index (χ1v) is 7.25. The lowest BCUT2D eigenvalue weighted by Gasteiger charge is -2.26. The molecule has 0 spiro atoms. The highest BCUT2D eigenvalue weighted by Gasteiger charge is 2.41. The summed E-state index contributed by atoms with van der Waals surface area (Å²) in [6, 6.07) is 7.58. The van der Waals surface area contributed by atoms with E-state index < -0.39 is 5.54 Å². The van der Waals surface area contributed by atoms with E-state index >= 15 is 0 Å². The molecule has 110 valence electrons. The van der Waals surface area contributed by atoms with Crippen molar-refractivity contribution in [1.82, 2.24) is 5.32 Å². The zero-order valence-corrected chi connectivity index (χ0v) is 12.3. The van der Waals surface area contributed by atoms with Crippen LogP contribution < -0.4 is 10.1 Å². The fourth-order valence-corrected chi connectivity index (χ4v) is 2.73. The van der Waals surface area contributed by atoms with Crippen LogP contribution in [0, 0.1) is 0 Å². The lowest BCUT2D eigenvalue weighted by Crippen LogP contribution is -2.48. The highest BCUT2D eigenvalue weighted by Crippen LogP contribution is 2.26. The molecule has 20 heavy (non-hydrogen) atoms. The maximum atomic E-state index is 12.3. The van der Waals surface area contributed by atoms with Crippen LogP contribution in [0.2, 0.25) is 0 Å². The van der Waals surface area contributed by atoms with E-state index in [2.05, 4.69) is 12.2 Å². The average Bonchev–Trinajstić information content (AvgIpc) is 2.95. The highest BCUT2D eigenvalue weighted by molar-refractivity contribution is 5.81. The molecular formula is C16H23NO3. The van der Waals surface area contributed by atoms with Crippen LogP contribution in [-0.2, 0) is 16.1 Å². The van der Waals surface area contributed by atoms with Crippen LogP contribution in [0.15, 0.2) is 24.3 Å². The monoisotopic (exact) mass is 277 g/mol. The van der Waals surface area contributed by atoms with E-state index in [9.17, 15) is 4.79 Å². The number of methoxy groups -OCH3 is 1. The van der Waals surface area contributed by atoms with E-state index in [4.69, 9.17) is 9.47 Å². The topological polar surface area (TPSA) is 47.6 Å². The molecule has 1 aliphatic rings. The summed E-state index contributed by atoms with van der Waals surface area (Å²) in [5.74, 6) is 0.688. The fourth-order valence-electron chi connectivity index (χ4n) is 2.73. The third kappa shape index (κ3) is 3.31. The molecule has 0 aromatic heterocycles. The number of carbonyl (C=O) groups is 1. The van der Waals surface area contributed by atoms with Gasteiger partial charge < -0.3 is 14.8 Å². The van der Waals surface area contributed by atoms with Gasteiger partial charge in [0.15, 0.2) is 0 Å². The first-order chi connectivity index (χ1) is 9.70. The van der Waals surface area contributed by atoms with Gasteiger partial charge in [-0.2, -0.15) is 0 Å². The van der Waals surface area contributed by atoms with Crippen molar-refractivity contribution in [3.8, 4) is 5.75 Å². The van der Waals surface area contributed by atoms with Crippen LogP contribution in [0.5, 0.6) is 5.75 Å². The van der Waals surface area contributed by atoms with Crippen molar-refractivity contribution in [3.05, 3.63) is 29.8 Å². The molecule has 2 rings (SSSR count). The van der Waals surface area contributed by atoms with Gasteiger partial charge in [0.1, 0.15) is 17.9 Å². The second-order valence-electron chi connectivity index (χ2n) is 5.29. The SMILES string of the molecule is CCCC1(C(=O)OCc2ccc(OC)cc2)CCCN1. The van der Waals surface area contributed by atoms with E-state index in [0.717, 1.165) is 43.5 Å². The van der Waals surface area contributed by atoms with Gasteiger partial charge >= 0.3 is 5.97 Å². The minimum atomic E-state index is -0.457. The Hall–Kier alpha value is -1.55. The van der Waals surface area contributed by atoms with E-state index in [-0.39, 0.29) is 5.97 Å². The maximum Gasteiger partial charge on any atom is 0.326 e. The molecule has 0 amide bonds. The van der Waals surface area contributed by atoms with Crippen LogP contribution in [0.4, 0.5) is 0 Å². The van der Waals surface area contributed by atoms with Crippen LogP contribution in [0.1, 0.15) is 38.2 Å². The van der Waals surface area contributed by atoms with Crippen LogP contribution in [0.3, 0.4) is 0 Å². The number of rotatable bonds is 6. The molecule has 1 fully saturated rings. The van der Waals surface area contributed by atoms with Crippen molar-refractivity contribution in [2.45, 2.75) is 44.8 Å². The third-order valence-electron chi connectivity index (χ3n) is 3.84. The zero-order valence-electron chi connectivity index (χ0n) is 12.3. The minimum absolute atomic E-state index is 0.118. The Labute approximate surface area is 120 Å². The van der Waals surface area contributed by atoms with Gasteiger partial charge in [-0.15, -0.1) is 0 Å². The van der Waals surface area contributed by atoms with Gasteiger partial charge in [0, 0.05) is 0 Å². The van der Waals surface area contributed by atoms with Gasteiger partial charge in [-0.3, -0.25) is 4.79 Å². The molecule has 4 heteroatoms. The van der Waals surface area contributed by atoms with Gasteiger partial charge in [-0.25, -0.2) is 0 Å². The summed E-state index contributed by atoms with van der Waals surface area (Å²) in [5.41, 5.74) is 0.519. The number of benzene rings is 1. The van der Waals surface area contributed by atoms with Crippen molar-refractivity contribution < 1.29 is 14.3 Å². The van der Waals surface area contributed by atoms with E-state index in [1.165, 1.54) is 0 Å². The van der Waals surface area contributed by atoms with Gasteiger partial charge in [0.2, 0.25) is 0 Å². The summed E-state index contributed by atoms with van der Waals surface area (Å²) in [7, 11) is 1.63. The van der Waals surface area contributed by atoms with E-state index in [0.29, 0.717) is 6.61 Å². The molecule has 0 aliphatic carbocycles. The molecule has 1 atom stereocenters. The van der Waals surface area contributed by atoms with E-state index in [1.807, 2.05) is 24.3 Å². The lowest BCUT2D eigenvalue weighted by molar-refractivity contribution is -0.152. The first kappa shape index (κ1) is 14.9. The normalized spacial score (nSPS) is 21.7. The first-order valence-electron chi connectivity index (χ1n) is 7.25. The van der Waals surface area contributed by atoms with Gasteiger partial charge in [-0.05, 0) is 43.5 Å². The predicted molar refractivity (Wildman–Crippen MR) is 77.7 cm³/mol. The Morgan fingerprint density at radius 3 is 2.65 bits per heavy atom. The molecule has 1 aliphatic heterocycles. The van der Waals surface area contributed by atoms with Gasteiger partial charge in [0.05, 0.1) is 7.11 Å². The highest BCUT2D eigenvalue weighted by atomic mass is 16.5. The second-order valence-corrected chi connectivity index (χ2v) is 5.29. The van der Waals surface area contributed by atoms with Crippen LogP contribution >= 0.6 is 0 Å². The Bertz CT molecular complexity index is 436. The van der Waals surface area contributed by atoms with Gasteiger partial charge in [-0.1, -0.05) is 25.5 Å². The molecule has 4 nitrogen and oxygen atoms in total. The smallest absolute Gasteiger partial charge is 0.326 e. The maximum absolute atomic E-state index is 12.3. The van der Waals surface area contributed by atoms with Gasteiger partial charge in [0.25, 0.3) is 0 Å². The second kappa shape index (κ2) is 6.75. The van der Waals surface area contributed by atoms with Crippen LogP contribution in [-0.4, -0.2) is 25.2 Å². The average molecular weight is 277 g/mol. The summed E-state index contributed by atoms with van der Waals surface area (Å²) in [6.45, 7) is 3.31. The van der Waals surface area contributed by atoms with E-state index in [1.54, 1.807) is 7.11 Å². The summed E-state index contributed by atoms with van der Waals surface area (Å²) in [5, 5.41) is 3.33. The summed E-state index contributed by atoms with van der Waals surface area (Å²) < 4.78 is 10.6. The molecular weight excluding hydrogens is 254 g/mol. The molecule has 1 saturated heterocycles. The summed E-state index contributed by atoms with van der Waals surface area (Å²) >= 11 is 0. The van der Waals surface area contributed by atoms with Crippen molar-refractivity contribution in [2.75, 3.05) is 13.7 Å². The molecule has 1 aromatic rings. The van der Waals surface area contributed by atoms with Crippen LogP contribution in [0.25, 0.3) is 0 Å². The van der Waals surface area contributed by atoms with Crippen molar-refractivity contribution in [1.29, 1.82) is 0 Å². The lowest BCUT2D eigenvalue weighted by atomic mass is 9.92. The molecule has 0 bridgehead atoms. The van der Waals surface area contributed by atoms with Crippen molar-refractivity contribution in [2.24, 2.45) is 0 Å². The standard InChI is InChI=1S/C16H23NO3/c1-3-9-16(10-4-11-17-16)15(18)20-12-13-5-7-14(19-2)8-6-13/h5-8,17H,3-4,9-12H2,1-2H3. The number of nitrogens with one attached hydrogen (secondary N) is 1. The molecule has 1 aromatic carbocycles. The predicted octanol–water partition coefficient (Wildman–Crippen LogP) is 2.66. The minimum Gasteiger partial charge on any atom is -0.497 e. The zero-order chi connectivity index (χ0) is 14.4. The Kier molecular flexibility index (Phi) is 5.01. The Morgan fingerprint density at radius 2 is 2.10 bits per heavy atom. The quantitative estimate of drug-likeness (QED) is 0.812. The number of esters is 1. The summed E-state index contributed by atoms with van der Waals surface area (Å²) in [4.78, 5) is 12.3. The molecule has 1 unspecified atom stereocenters. The van der Waals surface area contributed by atoms with Crippen molar-refractivity contribution in [3.63, 3.8) is 0 Å². The number of hydrogen-bond acceptors (Lipinski definition) is 4. The van der Waals surface area contributed by atoms with Crippen molar-refractivity contribution >= 4 is 5.97 Å². The fraction of sp³-hybridized carbons (Fsp3) is 0.562. The summed E-state index contributed by atoms with van der Waals surface area (Å²) in [6.07, 6.45) is 3.74.